The summed E-state index contributed by atoms with van der Waals surface area (Å²) in [5.74, 6) is 0.650. The first-order valence-corrected chi connectivity index (χ1v) is 6.85. The average molecular weight is 281 g/mol. The summed E-state index contributed by atoms with van der Waals surface area (Å²) < 4.78 is 0. The summed E-state index contributed by atoms with van der Waals surface area (Å²) in [4.78, 5) is 9.00. The second-order valence-corrected chi connectivity index (χ2v) is 4.79. The molecule has 98 valence electrons. The van der Waals surface area contributed by atoms with E-state index in [1.807, 2.05) is 54.6 Å². The third-order valence-electron chi connectivity index (χ3n) is 3.02. The summed E-state index contributed by atoms with van der Waals surface area (Å²) in [5.41, 5.74) is 1.82. The number of rotatable bonds is 1. The van der Waals surface area contributed by atoms with Crippen LogP contribution in [0.4, 0.5) is 0 Å². The van der Waals surface area contributed by atoms with Crippen molar-refractivity contribution >= 4 is 28.1 Å². The van der Waals surface area contributed by atoms with Gasteiger partial charge >= 0.3 is 0 Å². The molecule has 0 spiro atoms. The number of benzene rings is 1. The van der Waals surface area contributed by atoms with E-state index in [0.717, 1.165) is 22.9 Å². The minimum Gasteiger partial charge on any atom is -0.228 e. The van der Waals surface area contributed by atoms with E-state index in [4.69, 9.17) is 11.6 Å². The zero-order valence-electron chi connectivity index (χ0n) is 10.8. The number of nitrogens with zero attached hydrogens (tertiary/aromatic N) is 2. The summed E-state index contributed by atoms with van der Waals surface area (Å²) in [6, 6.07) is 7.76. The smallest absolute Gasteiger partial charge is 0.161 e. The van der Waals surface area contributed by atoms with Crippen LogP contribution < -0.4 is 0 Å². The van der Waals surface area contributed by atoms with Gasteiger partial charge in [0.15, 0.2) is 5.82 Å². The first-order valence-electron chi connectivity index (χ1n) is 6.47. The molecule has 0 radical (unpaired) electrons. The van der Waals surface area contributed by atoms with E-state index in [1.165, 1.54) is 0 Å². The van der Waals surface area contributed by atoms with Gasteiger partial charge < -0.3 is 0 Å². The van der Waals surface area contributed by atoms with Crippen molar-refractivity contribution in [3.05, 3.63) is 77.8 Å². The van der Waals surface area contributed by atoms with Crippen LogP contribution in [0.15, 0.2) is 66.8 Å². The molecule has 20 heavy (non-hydrogen) atoms. The zero-order chi connectivity index (χ0) is 13.8. The van der Waals surface area contributed by atoms with Crippen LogP contribution in [0.25, 0.3) is 16.5 Å². The van der Waals surface area contributed by atoms with Gasteiger partial charge in [-0.15, -0.1) is 0 Å². The largest absolute Gasteiger partial charge is 0.228 e. The van der Waals surface area contributed by atoms with Crippen LogP contribution in [0.5, 0.6) is 0 Å². The molecule has 0 saturated heterocycles. The van der Waals surface area contributed by atoms with E-state index in [-0.39, 0.29) is 0 Å². The SMILES string of the molecule is Clc1nc(/C2=C/C=C\C=C/CC=C2)nc2ccccc12. The van der Waals surface area contributed by atoms with Gasteiger partial charge in [0.05, 0.1) is 5.52 Å². The van der Waals surface area contributed by atoms with Gasteiger partial charge in [-0.3, -0.25) is 0 Å². The molecule has 3 rings (SSSR count). The molecule has 1 heterocycles. The van der Waals surface area contributed by atoms with Crippen LogP contribution in [-0.2, 0) is 0 Å². The Morgan fingerprint density at radius 3 is 2.80 bits per heavy atom. The van der Waals surface area contributed by atoms with E-state index in [9.17, 15) is 0 Å². The zero-order valence-corrected chi connectivity index (χ0v) is 11.6. The predicted molar refractivity (Wildman–Crippen MR) is 84.6 cm³/mol. The van der Waals surface area contributed by atoms with Crippen molar-refractivity contribution in [2.24, 2.45) is 0 Å². The van der Waals surface area contributed by atoms with Crippen molar-refractivity contribution in [3.63, 3.8) is 0 Å². The number of allylic oxidation sites excluding steroid dienone is 8. The molecular weight excluding hydrogens is 268 g/mol. The summed E-state index contributed by atoms with van der Waals surface area (Å²) in [6.45, 7) is 0. The van der Waals surface area contributed by atoms with E-state index >= 15 is 0 Å². The number of hydrogen-bond donors (Lipinski definition) is 0. The van der Waals surface area contributed by atoms with Crippen molar-refractivity contribution in [1.29, 1.82) is 0 Å². The van der Waals surface area contributed by atoms with Crippen LogP contribution in [0, 0.1) is 0 Å². The number of fused-ring (bicyclic) bond motifs is 1. The molecule has 1 aromatic carbocycles. The Labute approximate surface area is 122 Å². The first-order chi connectivity index (χ1) is 9.84. The molecule has 1 aliphatic carbocycles. The molecule has 0 fully saturated rings. The second kappa shape index (κ2) is 5.85. The Hall–Kier alpha value is -2.19. The minimum absolute atomic E-state index is 0.488. The molecule has 3 heteroatoms. The highest BCUT2D eigenvalue weighted by molar-refractivity contribution is 6.34. The van der Waals surface area contributed by atoms with Gasteiger partial charge in [-0.2, -0.15) is 0 Å². The lowest BCUT2D eigenvalue weighted by Gasteiger charge is -2.04. The molecule has 0 aliphatic heterocycles. The van der Waals surface area contributed by atoms with Gasteiger partial charge in [-0.1, -0.05) is 66.3 Å². The van der Waals surface area contributed by atoms with Gasteiger partial charge in [-0.25, -0.2) is 9.97 Å². The topological polar surface area (TPSA) is 25.8 Å². The Morgan fingerprint density at radius 2 is 1.85 bits per heavy atom. The Morgan fingerprint density at radius 1 is 0.950 bits per heavy atom. The standard InChI is InChI=1S/C17H13ClN2/c18-16-14-11-7-8-12-15(14)19-17(20-16)13-9-5-3-1-2-4-6-10-13/h1-3,5-12H,4H2/b2-1-,5-3-,10-6?,13-9+. The highest BCUT2D eigenvalue weighted by Crippen LogP contribution is 2.23. The van der Waals surface area contributed by atoms with Crippen molar-refractivity contribution in [2.45, 2.75) is 6.42 Å². The highest BCUT2D eigenvalue weighted by Gasteiger charge is 2.07. The molecule has 2 nitrogen and oxygen atoms in total. The predicted octanol–water partition coefficient (Wildman–Crippen LogP) is 4.74. The van der Waals surface area contributed by atoms with Crippen LogP contribution in [-0.4, -0.2) is 9.97 Å². The van der Waals surface area contributed by atoms with Crippen LogP contribution in [0.1, 0.15) is 12.2 Å². The van der Waals surface area contributed by atoms with Crippen molar-refractivity contribution in [2.75, 3.05) is 0 Å². The van der Waals surface area contributed by atoms with Crippen molar-refractivity contribution in [1.82, 2.24) is 9.97 Å². The van der Waals surface area contributed by atoms with Crippen LogP contribution in [0.3, 0.4) is 0 Å². The molecule has 0 bridgehead atoms. The Kier molecular flexibility index (Phi) is 3.75. The van der Waals surface area contributed by atoms with E-state index in [1.54, 1.807) is 0 Å². The Balaban J connectivity index is 2.11. The third kappa shape index (κ3) is 2.70. The fourth-order valence-corrected chi connectivity index (χ4v) is 2.27. The molecule has 0 atom stereocenters. The first kappa shape index (κ1) is 12.8. The van der Waals surface area contributed by atoms with Crippen molar-refractivity contribution < 1.29 is 0 Å². The monoisotopic (exact) mass is 280 g/mol. The molecule has 0 unspecified atom stereocenters. The third-order valence-corrected chi connectivity index (χ3v) is 3.31. The van der Waals surface area contributed by atoms with E-state index in [0.29, 0.717) is 11.0 Å². The van der Waals surface area contributed by atoms with Gasteiger partial charge in [-0.05, 0) is 18.6 Å². The molecule has 0 saturated carbocycles. The fourth-order valence-electron chi connectivity index (χ4n) is 2.03. The van der Waals surface area contributed by atoms with Crippen molar-refractivity contribution in [3.8, 4) is 0 Å². The minimum atomic E-state index is 0.488. The number of halogens is 1. The van der Waals surface area contributed by atoms with Gasteiger partial charge in [0.25, 0.3) is 0 Å². The van der Waals surface area contributed by atoms with Gasteiger partial charge in [0.2, 0.25) is 0 Å². The van der Waals surface area contributed by atoms with Gasteiger partial charge in [0.1, 0.15) is 5.15 Å². The summed E-state index contributed by atoms with van der Waals surface area (Å²) >= 11 is 6.25. The average Bonchev–Trinajstić information content (AvgIpc) is 2.61. The quantitative estimate of drug-likeness (QED) is 0.705. The highest BCUT2D eigenvalue weighted by atomic mass is 35.5. The maximum absolute atomic E-state index is 6.25. The maximum Gasteiger partial charge on any atom is 0.161 e. The molecule has 0 N–H and O–H groups in total. The van der Waals surface area contributed by atoms with Gasteiger partial charge in [0, 0.05) is 11.0 Å². The number of para-hydroxylation sites is 1. The second-order valence-electron chi connectivity index (χ2n) is 4.43. The van der Waals surface area contributed by atoms with Crippen LogP contribution >= 0.6 is 11.6 Å². The molecule has 0 amide bonds. The lowest BCUT2D eigenvalue weighted by molar-refractivity contribution is 1.17. The number of aromatic nitrogens is 2. The van der Waals surface area contributed by atoms with E-state index in [2.05, 4.69) is 22.1 Å². The summed E-state index contributed by atoms with van der Waals surface area (Å²) in [5, 5.41) is 1.37. The molecular formula is C17H13ClN2. The normalized spacial score (nSPS) is 20.6. The summed E-state index contributed by atoms with van der Waals surface area (Å²) in [7, 11) is 0. The lowest BCUT2D eigenvalue weighted by atomic mass is 10.2. The summed E-state index contributed by atoms with van der Waals surface area (Å²) in [6.07, 6.45) is 15.1. The van der Waals surface area contributed by atoms with E-state index < -0.39 is 0 Å². The maximum atomic E-state index is 6.25. The molecule has 1 aliphatic rings. The molecule has 1 aromatic heterocycles. The van der Waals surface area contributed by atoms with Crippen LogP contribution in [0.2, 0.25) is 5.15 Å². The molecule has 2 aromatic rings. The fraction of sp³-hybridized carbons (Fsp3) is 0.0588. The number of hydrogen-bond acceptors (Lipinski definition) is 2. The Bertz CT molecular complexity index is 755. The lowest BCUT2D eigenvalue weighted by Crippen LogP contribution is -1.94.